The van der Waals surface area contributed by atoms with Gasteiger partial charge in [0.2, 0.25) is 5.91 Å². The average Bonchev–Trinajstić information content (AvgIpc) is 2.37. The molecule has 1 unspecified atom stereocenters. The lowest BCUT2D eigenvalue weighted by Gasteiger charge is -2.17. The number of nitrogens with one attached hydrogen (secondary N) is 1. The Morgan fingerprint density at radius 3 is 2.67 bits per heavy atom. The molecule has 0 aliphatic heterocycles. The highest BCUT2D eigenvalue weighted by molar-refractivity contribution is 7.80. The van der Waals surface area contributed by atoms with E-state index in [1.54, 1.807) is 7.11 Å². The Bertz CT molecular complexity index is 395. The second-order valence-corrected chi connectivity index (χ2v) is 4.38. The fourth-order valence-electron chi connectivity index (χ4n) is 1.57. The standard InChI is InChI=1S/C13H18N2O2S/c1-17-9-5-8-11(16)15-12(13(14)18)10-6-3-2-4-7-10/h2-4,6-7,12H,5,8-9H2,1H3,(H2,14,18)(H,15,16). The van der Waals surface area contributed by atoms with Crippen molar-refractivity contribution in [2.24, 2.45) is 5.73 Å². The Balaban J connectivity index is 2.59. The molecule has 1 atom stereocenters. The van der Waals surface area contributed by atoms with Crippen LogP contribution in [0.1, 0.15) is 24.4 Å². The van der Waals surface area contributed by atoms with Gasteiger partial charge in [-0.05, 0) is 12.0 Å². The number of ether oxygens (including phenoxy) is 1. The smallest absolute Gasteiger partial charge is 0.220 e. The van der Waals surface area contributed by atoms with Crippen LogP contribution in [0.15, 0.2) is 30.3 Å². The minimum absolute atomic E-state index is 0.0753. The molecule has 0 saturated carbocycles. The highest BCUT2D eigenvalue weighted by atomic mass is 32.1. The minimum Gasteiger partial charge on any atom is -0.391 e. The van der Waals surface area contributed by atoms with Crippen LogP contribution >= 0.6 is 12.2 Å². The van der Waals surface area contributed by atoms with E-state index in [2.05, 4.69) is 5.32 Å². The van der Waals surface area contributed by atoms with Crippen molar-refractivity contribution in [3.05, 3.63) is 35.9 Å². The highest BCUT2D eigenvalue weighted by Crippen LogP contribution is 2.13. The number of carbonyl (C=O) groups is 1. The van der Waals surface area contributed by atoms with Gasteiger partial charge < -0.3 is 15.8 Å². The molecular formula is C13H18N2O2S. The molecule has 1 aromatic rings. The van der Waals surface area contributed by atoms with Gasteiger partial charge in [0.25, 0.3) is 0 Å². The number of methoxy groups -OCH3 is 1. The SMILES string of the molecule is COCCCC(=O)NC(C(N)=S)c1ccccc1. The molecule has 0 saturated heterocycles. The van der Waals surface area contributed by atoms with E-state index in [9.17, 15) is 4.79 Å². The lowest BCUT2D eigenvalue weighted by atomic mass is 10.1. The first-order chi connectivity index (χ1) is 8.65. The maximum atomic E-state index is 11.7. The quantitative estimate of drug-likeness (QED) is 0.580. The van der Waals surface area contributed by atoms with Crippen LogP contribution < -0.4 is 11.1 Å². The van der Waals surface area contributed by atoms with Crippen molar-refractivity contribution in [1.82, 2.24) is 5.32 Å². The molecule has 0 fully saturated rings. The normalized spacial score (nSPS) is 11.8. The van der Waals surface area contributed by atoms with Crippen LogP contribution in [0.2, 0.25) is 0 Å². The van der Waals surface area contributed by atoms with Gasteiger partial charge >= 0.3 is 0 Å². The first-order valence-corrected chi connectivity index (χ1v) is 6.18. The maximum absolute atomic E-state index is 11.7. The van der Waals surface area contributed by atoms with Crippen molar-refractivity contribution < 1.29 is 9.53 Å². The van der Waals surface area contributed by atoms with Crippen molar-refractivity contribution in [3.8, 4) is 0 Å². The minimum atomic E-state index is -0.406. The van der Waals surface area contributed by atoms with Crippen molar-refractivity contribution in [2.75, 3.05) is 13.7 Å². The topological polar surface area (TPSA) is 64.3 Å². The van der Waals surface area contributed by atoms with E-state index in [1.165, 1.54) is 0 Å². The van der Waals surface area contributed by atoms with Gasteiger partial charge in [-0.1, -0.05) is 42.5 Å². The molecule has 5 heteroatoms. The molecule has 0 aromatic heterocycles. The Morgan fingerprint density at radius 1 is 1.44 bits per heavy atom. The van der Waals surface area contributed by atoms with Crippen LogP contribution in [0.25, 0.3) is 0 Å². The number of hydrogen-bond acceptors (Lipinski definition) is 3. The fourth-order valence-corrected chi connectivity index (χ4v) is 1.77. The number of thiocarbonyl (C=S) groups is 1. The van der Waals surface area contributed by atoms with E-state index in [0.29, 0.717) is 19.4 Å². The predicted octanol–water partition coefficient (Wildman–Crippen LogP) is 1.56. The van der Waals surface area contributed by atoms with Gasteiger partial charge in [-0.25, -0.2) is 0 Å². The van der Waals surface area contributed by atoms with Crippen LogP contribution in [-0.4, -0.2) is 24.6 Å². The van der Waals surface area contributed by atoms with Crippen molar-refractivity contribution in [3.63, 3.8) is 0 Å². The van der Waals surface area contributed by atoms with Crippen LogP contribution in [0, 0.1) is 0 Å². The molecule has 1 amide bonds. The third kappa shape index (κ3) is 4.81. The molecule has 0 radical (unpaired) electrons. The summed E-state index contributed by atoms with van der Waals surface area (Å²) in [6.45, 7) is 0.566. The average molecular weight is 266 g/mol. The number of rotatable bonds is 7. The largest absolute Gasteiger partial charge is 0.391 e. The van der Waals surface area contributed by atoms with Crippen LogP contribution in [0.5, 0.6) is 0 Å². The maximum Gasteiger partial charge on any atom is 0.220 e. The molecule has 0 spiro atoms. The summed E-state index contributed by atoms with van der Waals surface area (Å²) in [5.74, 6) is -0.0753. The van der Waals surface area contributed by atoms with Gasteiger partial charge in [0.1, 0.15) is 11.0 Å². The van der Waals surface area contributed by atoms with Gasteiger partial charge in [0.15, 0.2) is 0 Å². The molecule has 1 aromatic carbocycles. The zero-order valence-electron chi connectivity index (χ0n) is 10.4. The highest BCUT2D eigenvalue weighted by Gasteiger charge is 2.16. The summed E-state index contributed by atoms with van der Waals surface area (Å²) < 4.78 is 4.90. The van der Waals surface area contributed by atoms with Crippen molar-refractivity contribution in [1.29, 1.82) is 0 Å². The zero-order valence-corrected chi connectivity index (χ0v) is 11.2. The molecular weight excluding hydrogens is 248 g/mol. The third-order valence-electron chi connectivity index (χ3n) is 2.48. The van der Waals surface area contributed by atoms with E-state index in [1.807, 2.05) is 30.3 Å². The van der Waals surface area contributed by atoms with Gasteiger partial charge in [-0.15, -0.1) is 0 Å². The molecule has 18 heavy (non-hydrogen) atoms. The summed E-state index contributed by atoms with van der Waals surface area (Å²) in [4.78, 5) is 12.0. The van der Waals surface area contributed by atoms with Crippen LogP contribution in [-0.2, 0) is 9.53 Å². The Labute approximate surface area is 113 Å². The summed E-state index contributed by atoms with van der Waals surface area (Å²) in [5.41, 5.74) is 6.56. The molecule has 98 valence electrons. The molecule has 0 bridgehead atoms. The summed E-state index contributed by atoms with van der Waals surface area (Å²) >= 11 is 4.99. The van der Waals surface area contributed by atoms with Gasteiger partial charge in [-0.3, -0.25) is 4.79 Å². The van der Waals surface area contributed by atoms with Gasteiger partial charge in [0, 0.05) is 20.1 Å². The van der Waals surface area contributed by atoms with E-state index >= 15 is 0 Å². The van der Waals surface area contributed by atoms with E-state index in [4.69, 9.17) is 22.7 Å². The van der Waals surface area contributed by atoms with Crippen molar-refractivity contribution in [2.45, 2.75) is 18.9 Å². The number of benzene rings is 1. The van der Waals surface area contributed by atoms with Gasteiger partial charge in [-0.2, -0.15) is 0 Å². The summed E-state index contributed by atoms with van der Waals surface area (Å²) in [5, 5.41) is 2.83. The fraction of sp³-hybridized carbons (Fsp3) is 0.385. The Hall–Kier alpha value is -1.46. The Kier molecular flexibility index (Phi) is 6.32. The lowest BCUT2D eigenvalue weighted by molar-refractivity contribution is -0.121. The third-order valence-corrected chi connectivity index (χ3v) is 2.71. The van der Waals surface area contributed by atoms with Crippen molar-refractivity contribution >= 4 is 23.1 Å². The zero-order chi connectivity index (χ0) is 13.4. The first kappa shape index (κ1) is 14.6. The molecule has 0 aliphatic carbocycles. The lowest BCUT2D eigenvalue weighted by Crippen LogP contribution is -2.36. The second kappa shape index (κ2) is 7.79. The molecule has 4 nitrogen and oxygen atoms in total. The molecule has 3 N–H and O–H groups in total. The summed E-state index contributed by atoms with van der Waals surface area (Å²) in [6.07, 6.45) is 1.08. The number of amides is 1. The Morgan fingerprint density at radius 2 is 2.11 bits per heavy atom. The van der Waals surface area contributed by atoms with Crippen LogP contribution in [0.3, 0.4) is 0 Å². The van der Waals surface area contributed by atoms with E-state index < -0.39 is 6.04 Å². The van der Waals surface area contributed by atoms with Gasteiger partial charge in [0.05, 0.1) is 0 Å². The van der Waals surface area contributed by atoms with Crippen LogP contribution in [0.4, 0.5) is 0 Å². The monoisotopic (exact) mass is 266 g/mol. The first-order valence-electron chi connectivity index (χ1n) is 5.77. The van der Waals surface area contributed by atoms with E-state index in [0.717, 1.165) is 5.56 Å². The number of nitrogens with two attached hydrogens (primary N) is 1. The second-order valence-electron chi connectivity index (χ2n) is 3.91. The number of carbonyl (C=O) groups excluding carboxylic acids is 1. The molecule has 0 heterocycles. The summed E-state index contributed by atoms with van der Waals surface area (Å²) in [7, 11) is 1.61. The number of hydrogen-bond donors (Lipinski definition) is 2. The molecule has 0 aliphatic rings. The summed E-state index contributed by atoms with van der Waals surface area (Å²) in [6, 6.07) is 9.05. The van der Waals surface area contributed by atoms with E-state index in [-0.39, 0.29) is 10.9 Å². The predicted molar refractivity (Wildman–Crippen MR) is 75.2 cm³/mol. The molecule has 1 rings (SSSR count).